The molecule has 1 aromatic rings. The normalized spacial score (nSPS) is 18.4. The molecule has 0 bridgehead atoms. The second-order valence-corrected chi connectivity index (χ2v) is 5.93. The van der Waals surface area contributed by atoms with Gasteiger partial charge in [-0.15, -0.1) is 0 Å². The van der Waals surface area contributed by atoms with Crippen LogP contribution in [-0.2, 0) is 4.79 Å². The second kappa shape index (κ2) is 6.61. The maximum Gasteiger partial charge on any atom is 0.328 e. The van der Waals surface area contributed by atoms with Crippen molar-refractivity contribution in [2.45, 2.75) is 19.4 Å². The van der Waals surface area contributed by atoms with E-state index in [1.165, 1.54) is 6.08 Å². The highest BCUT2D eigenvalue weighted by Crippen LogP contribution is 2.18. The topological polar surface area (TPSA) is 66.4 Å². The first-order chi connectivity index (χ1) is 9.56. The number of benzene rings is 1. The summed E-state index contributed by atoms with van der Waals surface area (Å²) in [5.74, 6) is 0.967. The van der Waals surface area contributed by atoms with Gasteiger partial charge in [-0.2, -0.15) is 11.8 Å². The molecule has 1 aliphatic rings. The Kier molecular flexibility index (Phi) is 4.84. The van der Waals surface area contributed by atoms with Crippen LogP contribution in [0.4, 0.5) is 0 Å². The van der Waals surface area contributed by atoms with E-state index in [2.05, 4.69) is 5.32 Å². The summed E-state index contributed by atoms with van der Waals surface area (Å²) in [4.78, 5) is 22.8. The lowest BCUT2D eigenvalue weighted by Gasteiger charge is -2.13. The lowest BCUT2D eigenvalue weighted by molar-refractivity contribution is -0.131. The first kappa shape index (κ1) is 14.7. The number of nitrogens with one attached hydrogen (secondary N) is 1. The minimum atomic E-state index is -1.00. The molecule has 0 saturated carbocycles. The third-order valence-corrected chi connectivity index (χ3v) is 4.35. The summed E-state index contributed by atoms with van der Waals surface area (Å²) in [6.07, 6.45) is 3.57. The highest BCUT2D eigenvalue weighted by Gasteiger charge is 2.19. The van der Waals surface area contributed by atoms with Crippen LogP contribution < -0.4 is 5.32 Å². The fourth-order valence-corrected chi connectivity index (χ4v) is 3.22. The number of aryl methyl sites for hydroxylation is 1. The monoisotopic (exact) mass is 291 g/mol. The molecular formula is C15H17NO3S. The molecule has 20 heavy (non-hydrogen) atoms. The first-order valence-electron chi connectivity index (χ1n) is 6.46. The maximum atomic E-state index is 12.3. The number of carbonyl (C=O) groups is 2. The van der Waals surface area contributed by atoms with Crippen molar-refractivity contribution in [1.82, 2.24) is 5.32 Å². The molecule has 1 saturated heterocycles. The Balaban J connectivity index is 2.14. The molecule has 1 unspecified atom stereocenters. The van der Waals surface area contributed by atoms with E-state index in [4.69, 9.17) is 5.11 Å². The predicted octanol–water partition coefficient (Wildman–Crippen LogP) is 2.33. The van der Waals surface area contributed by atoms with Crippen molar-refractivity contribution in [2.24, 2.45) is 0 Å². The van der Waals surface area contributed by atoms with E-state index in [0.717, 1.165) is 29.6 Å². The second-order valence-electron chi connectivity index (χ2n) is 4.78. The number of carboxylic acid groups (broad SMARTS) is 1. The average molecular weight is 291 g/mol. The minimum Gasteiger partial charge on any atom is -0.478 e. The summed E-state index contributed by atoms with van der Waals surface area (Å²) in [5, 5.41) is 11.7. The van der Waals surface area contributed by atoms with Crippen LogP contribution >= 0.6 is 11.8 Å². The molecule has 4 nitrogen and oxygen atoms in total. The molecule has 2 N–H and O–H groups in total. The van der Waals surface area contributed by atoms with Gasteiger partial charge >= 0.3 is 5.97 Å². The number of aliphatic carboxylic acids is 1. The van der Waals surface area contributed by atoms with Gasteiger partial charge in [0.25, 0.3) is 5.91 Å². The van der Waals surface area contributed by atoms with Gasteiger partial charge in [-0.1, -0.05) is 12.1 Å². The van der Waals surface area contributed by atoms with Crippen molar-refractivity contribution in [1.29, 1.82) is 0 Å². The molecule has 106 valence electrons. The number of carboxylic acids is 1. The number of carbonyl (C=O) groups excluding carboxylic acids is 1. The Bertz CT molecular complexity index is 548. The predicted molar refractivity (Wildman–Crippen MR) is 81.0 cm³/mol. The third kappa shape index (κ3) is 3.87. The Hall–Kier alpha value is -1.75. The molecule has 0 aromatic heterocycles. The van der Waals surface area contributed by atoms with Crippen molar-refractivity contribution in [3.63, 3.8) is 0 Å². The maximum absolute atomic E-state index is 12.3. The standard InChI is InChI=1S/C15H17NO3S/c1-10-2-3-11(4-5-14(17)18)8-13(10)15(19)16-12-6-7-20-9-12/h2-5,8,12H,6-7,9H2,1H3,(H,16,19)(H,17,18)/b5-4+. The van der Waals surface area contributed by atoms with E-state index in [1.807, 2.05) is 24.8 Å². The van der Waals surface area contributed by atoms with E-state index in [-0.39, 0.29) is 11.9 Å². The van der Waals surface area contributed by atoms with Gasteiger partial charge in [0.2, 0.25) is 0 Å². The Morgan fingerprint density at radius 3 is 2.90 bits per heavy atom. The van der Waals surface area contributed by atoms with Crippen molar-refractivity contribution < 1.29 is 14.7 Å². The molecule has 1 aliphatic heterocycles. The van der Waals surface area contributed by atoms with Crippen LogP contribution in [-0.4, -0.2) is 34.5 Å². The summed E-state index contributed by atoms with van der Waals surface area (Å²) < 4.78 is 0. The molecule has 1 fully saturated rings. The smallest absolute Gasteiger partial charge is 0.328 e. The Morgan fingerprint density at radius 1 is 1.45 bits per heavy atom. The van der Waals surface area contributed by atoms with Crippen LogP contribution in [0.15, 0.2) is 24.3 Å². The molecule has 1 atom stereocenters. The van der Waals surface area contributed by atoms with E-state index < -0.39 is 5.97 Å². The van der Waals surface area contributed by atoms with E-state index in [9.17, 15) is 9.59 Å². The van der Waals surface area contributed by atoms with Gasteiger partial charge in [0, 0.05) is 23.4 Å². The molecule has 0 spiro atoms. The van der Waals surface area contributed by atoms with Crippen LogP contribution in [0.25, 0.3) is 6.08 Å². The van der Waals surface area contributed by atoms with Crippen LogP contribution in [0, 0.1) is 6.92 Å². The largest absolute Gasteiger partial charge is 0.478 e. The van der Waals surface area contributed by atoms with Crippen LogP contribution in [0.5, 0.6) is 0 Å². The van der Waals surface area contributed by atoms with Gasteiger partial charge in [0.15, 0.2) is 0 Å². The Morgan fingerprint density at radius 2 is 2.25 bits per heavy atom. The quantitative estimate of drug-likeness (QED) is 0.836. The van der Waals surface area contributed by atoms with E-state index in [0.29, 0.717) is 11.1 Å². The molecule has 5 heteroatoms. The average Bonchev–Trinajstić information content (AvgIpc) is 2.90. The van der Waals surface area contributed by atoms with E-state index >= 15 is 0 Å². The van der Waals surface area contributed by atoms with E-state index in [1.54, 1.807) is 12.1 Å². The SMILES string of the molecule is Cc1ccc(/C=C/C(=O)O)cc1C(=O)NC1CCSC1. The number of hydrogen-bond donors (Lipinski definition) is 2. The Labute approximate surface area is 122 Å². The van der Waals surface area contributed by atoms with Gasteiger partial charge in [0.1, 0.15) is 0 Å². The zero-order valence-corrected chi connectivity index (χ0v) is 12.1. The molecular weight excluding hydrogens is 274 g/mol. The summed E-state index contributed by atoms with van der Waals surface area (Å²) in [5.41, 5.74) is 2.21. The molecule has 1 heterocycles. The minimum absolute atomic E-state index is 0.0828. The highest BCUT2D eigenvalue weighted by molar-refractivity contribution is 7.99. The first-order valence-corrected chi connectivity index (χ1v) is 7.62. The summed E-state index contributed by atoms with van der Waals surface area (Å²) in [6.45, 7) is 1.88. The zero-order chi connectivity index (χ0) is 14.5. The van der Waals surface area contributed by atoms with Crippen molar-refractivity contribution in [3.8, 4) is 0 Å². The molecule has 2 rings (SSSR count). The zero-order valence-electron chi connectivity index (χ0n) is 11.3. The lowest BCUT2D eigenvalue weighted by atomic mass is 10.0. The van der Waals surface area contributed by atoms with Gasteiger partial charge in [-0.25, -0.2) is 4.79 Å². The number of hydrogen-bond acceptors (Lipinski definition) is 3. The summed E-state index contributed by atoms with van der Waals surface area (Å²) in [6, 6.07) is 5.60. The van der Waals surface area contributed by atoms with Gasteiger partial charge in [0.05, 0.1) is 0 Å². The third-order valence-electron chi connectivity index (χ3n) is 3.19. The number of amides is 1. The van der Waals surface area contributed by atoms with Crippen molar-refractivity contribution >= 4 is 29.7 Å². The number of thioether (sulfide) groups is 1. The van der Waals surface area contributed by atoms with Crippen LogP contribution in [0.3, 0.4) is 0 Å². The number of rotatable bonds is 4. The lowest BCUT2D eigenvalue weighted by Crippen LogP contribution is -2.35. The summed E-state index contributed by atoms with van der Waals surface area (Å²) in [7, 11) is 0. The van der Waals surface area contributed by atoms with Gasteiger partial charge in [-0.05, 0) is 42.4 Å². The molecule has 0 radical (unpaired) electrons. The fourth-order valence-electron chi connectivity index (χ4n) is 2.07. The summed E-state index contributed by atoms with van der Waals surface area (Å²) >= 11 is 1.85. The van der Waals surface area contributed by atoms with Crippen molar-refractivity contribution in [2.75, 3.05) is 11.5 Å². The van der Waals surface area contributed by atoms with Gasteiger partial charge in [-0.3, -0.25) is 4.79 Å². The van der Waals surface area contributed by atoms with Gasteiger partial charge < -0.3 is 10.4 Å². The molecule has 0 aliphatic carbocycles. The molecule has 1 amide bonds. The van der Waals surface area contributed by atoms with Crippen molar-refractivity contribution in [3.05, 3.63) is 41.0 Å². The fraction of sp³-hybridized carbons (Fsp3) is 0.333. The molecule has 1 aromatic carbocycles. The highest BCUT2D eigenvalue weighted by atomic mass is 32.2. The van der Waals surface area contributed by atoms with Crippen LogP contribution in [0.2, 0.25) is 0 Å². The van der Waals surface area contributed by atoms with Crippen LogP contribution in [0.1, 0.15) is 27.9 Å².